The molecule has 6 aromatic rings. The van der Waals surface area contributed by atoms with E-state index in [2.05, 4.69) is 42.1 Å². The Morgan fingerprint density at radius 1 is 0.648 bits per heavy atom. The molecule has 2 heterocycles. The lowest BCUT2D eigenvalue weighted by atomic mass is 10.0. The summed E-state index contributed by atoms with van der Waals surface area (Å²) in [7, 11) is 3.21. The molecule has 1 atom stereocenters. The largest absolute Gasteiger partial charge is 0.497 e. The minimum absolute atomic E-state index is 0.0795. The highest BCUT2D eigenvalue weighted by atomic mass is 79.9. The second-order valence-corrected chi connectivity index (χ2v) is 14.3. The first-order valence-corrected chi connectivity index (χ1v) is 19.0. The Kier molecular flexibility index (Phi) is 14.1. The van der Waals surface area contributed by atoms with Crippen molar-refractivity contribution in [3.05, 3.63) is 152 Å². The molecule has 0 radical (unpaired) electrons. The Bertz CT molecular complexity index is 2100. The van der Waals surface area contributed by atoms with Crippen molar-refractivity contribution in [2.24, 2.45) is 0 Å². The lowest BCUT2D eigenvalue weighted by Gasteiger charge is -2.13. The van der Waals surface area contributed by atoms with Crippen molar-refractivity contribution in [3.63, 3.8) is 0 Å². The third-order valence-corrected chi connectivity index (χ3v) is 9.92. The van der Waals surface area contributed by atoms with E-state index in [9.17, 15) is 9.90 Å². The van der Waals surface area contributed by atoms with Gasteiger partial charge in [0.05, 0.1) is 19.8 Å². The number of hydrogen-bond acceptors (Lipinski definition) is 8. The number of nitrogens with zero attached hydrogens (tertiary/aromatic N) is 4. The quantitative estimate of drug-likeness (QED) is 0.108. The molecule has 0 bridgehead atoms. The van der Waals surface area contributed by atoms with Crippen LogP contribution in [0.5, 0.6) is 23.3 Å². The molecule has 0 aliphatic rings. The Hall–Kier alpha value is -4.91. The predicted molar refractivity (Wildman–Crippen MR) is 216 cm³/mol. The van der Waals surface area contributed by atoms with Crippen molar-refractivity contribution in [2.75, 3.05) is 14.2 Å². The molecular formula is C42H44Br2N4O6. The third-order valence-electron chi connectivity index (χ3n) is 8.37. The summed E-state index contributed by atoms with van der Waals surface area (Å²) in [6, 6.07) is 34.2. The zero-order chi connectivity index (χ0) is 38.8. The average molecular weight is 861 g/mol. The molecule has 10 nitrogen and oxygen atoms in total. The lowest BCUT2D eigenvalue weighted by molar-refractivity contribution is 0.103. The van der Waals surface area contributed by atoms with Crippen LogP contribution in [0.25, 0.3) is 0 Å². The number of halogens is 2. The van der Waals surface area contributed by atoms with Crippen LogP contribution >= 0.6 is 31.9 Å². The van der Waals surface area contributed by atoms with Crippen LogP contribution in [-0.4, -0.2) is 44.7 Å². The van der Waals surface area contributed by atoms with Crippen LogP contribution in [0.1, 0.15) is 84.1 Å². The summed E-state index contributed by atoms with van der Waals surface area (Å²) in [5.41, 5.74) is 4.37. The number of carbonyl (C=O) groups excluding carboxylic acids is 1. The zero-order valence-corrected chi connectivity index (χ0v) is 34.2. The van der Waals surface area contributed by atoms with Crippen LogP contribution in [-0.2, 0) is 13.2 Å². The summed E-state index contributed by atoms with van der Waals surface area (Å²) in [5, 5.41) is 20.1. The van der Waals surface area contributed by atoms with E-state index in [1.807, 2.05) is 117 Å². The van der Waals surface area contributed by atoms with E-state index in [4.69, 9.17) is 18.9 Å². The monoisotopic (exact) mass is 858 g/mol. The molecule has 0 spiro atoms. The second-order valence-electron chi connectivity index (χ2n) is 12.8. The van der Waals surface area contributed by atoms with E-state index in [1.54, 1.807) is 43.2 Å². The summed E-state index contributed by atoms with van der Waals surface area (Å²) in [6.07, 6.45) is -0.872. The Morgan fingerprint density at radius 3 is 1.57 bits per heavy atom. The molecule has 0 saturated heterocycles. The number of rotatable bonds is 14. The molecule has 4 aromatic carbocycles. The summed E-state index contributed by atoms with van der Waals surface area (Å²) in [5.74, 6) is 2.02. The number of carbonyl (C=O) groups is 1. The maximum Gasteiger partial charge on any atom is 0.245 e. The number of aliphatic hydroxyl groups is 1. The van der Waals surface area contributed by atoms with Crippen molar-refractivity contribution in [1.82, 2.24) is 19.6 Å². The normalized spacial score (nSPS) is 11.5. The molecule has 0 fully saturated rings. The minimum Gasteiger partial charge on any atom is -0.497 e. The van der Waals surface area contributed by atoms with Gasteiger partial charge in [-0.15, -0.1) is 10.2 Å². The molecule has 1 N–H and O–H groups in total. The second kappa shape index (κ2) is 18.9. The Labute approximate surface area is 332 Å². The van der Waals surface area contributed by atoms with E-state index in [0.717, 1.165) is 22.4 Å². The van der Waals surface area contributed by atoms with E-state index in [-0.39, 0.29) is 17.9 Å². The van der Waals surface area contributed by atoms with Crippen LogP contribution in [0.4, 0.5) is 0 Å². The number of ether oxygens (including phenoxy) is 4. The van der Waals surface area contributed by atoms with Gasteiger partial charge in [-0.3, -0.25) is 14.2 Å². The molecule has 12 heteroatoms. The average Bonchev–Trinajstić information content (AvgIpc) is 3.72. The van der Waals surface area contributed by atoms with Gasteiger partial charge in [0, 0.05) is 17.6 Å². The summed E-state index contributed by atoms with van der Waals surface area (Å²) < 4.78 is 27.1. The summed E-state index contributed by atoms with van der Waals surface area (Å²) in [4.78, 5) is 13.1. The zero-order valence-electron chi connectivity index (χ0n) is 31.1. The fourth-order valence-corrected chi connectivity index (χ4v) is 7.12. The number of methoxy groups -OCH3 is 2. The standard InChI is InChI=1S/C21H23BrN2O3.C21H21BrN2O3/c2*1-14(2)24-20(22)18(19(25)16-9-11-17(26-3)12-10-16)21(23-24)27-13-15-7-5-4-6-8-15/h4-12,14,19,25H,13H2,1-3H3;4-12,14H,13H2,1-3H3. The Morgan fingerprint density at radius 2 is 1.09 bits per heavy atom. The highest BCUT2D eigenvalue weighted by Gasteiger charge is 2.27. The fraction of sp³-hybridized carbons (Fsp3) is 0.262. The first-order chi connectivity index (χ1) is 26.0. The first kappa shape index (κ1) is 40.3. The van der Waals surface area contributed by atoms with Gasteiger partial charge in [0.15, 0.2) is 0 Å². The number of benzene rings is 4. The van der Waals surface area contributed by atoms with E-state index in [0.29, 0.717) is 56.6 Å². The predicted octanol–water partition coefficient (Wildman–Crippen LogP) is 9.94. The van der Waals surface area contributed by atoms with Gasteiger partial charge in [0.25, 0.3) is 0 Å². The lowest BCUT2D eigenvalue weighted by Crippen LogP contribution is -2.06. The molecule has 282 valence electrons. The smallest absolute Gasteiger partial charge is 0.245 e. The van der Waals surface area contributed by atoms with Crippen LogP contribution < -0.4 is 18.9 Å². The van der Waals surface area contributed by atoms with E-state index < -0.39 is 6.10 Å². The van der Waals surface area contributed by atoms with E-state index in [1.165, 1.54) is 0 Å². The molecule has 2 aromatic heterocycles. The van der Waals surface area contributed by atoms with Crippen LogP contribution in [0, 0.1) is 0 Å². The Balaban J connectivity index is 0.000000208. The van der Waals surface area contributed by atoms with E-state index >= 15 is 0 Å². The third kappa shape index (κ3) is 9.79. The van der Waals surface area contributed by atoms with Crippen molar-refractivity contribution in [2.45, 2.75) is 59.1 Å². The van der Waals surface area contributed by atoms with Crippen molar-refractivity contribution >= 4 is 37.6 Å². The molecule has 6 rings (SSSR count). The molecule has 1 unspecified atom stereocenters. The van der Waals surface area contributed by atoms with Crippen molar-refractivity contribution in [1.29, 1.82) is 0 Å². The van der Waals surface area contributed by atoms with Gasteiger partial charge in [0.2, 0.25) is 17.5 Å². The highest BCUT2D eigenvalue weighted by molar-refractivity contribution is 9.10. The molecule has 0 aliphatic heterocycles. The van der Waals surface area contributed by atoms with Gasteiger partial charge in [-0.2, -0.15) is 0 Å². The number of hydrogen-bond donors (Lipinski definition) is 1. The molecule has 0 amide bonds. The van der Waals surface area contributed by atoms with Crippen LogP contribution in [0.2, 0.25) is 0 Å². The van der Waals surface area contributed by atoms with Gasteiger partial charge in [-0.05, 0) is 113 Å². The fourth-order valence-electron chi connectivity index (χ4n) is 5.41. The number of aromatic nitrogens is 4. The van der Waals surface area contributed by atoms with Gasteiger partial charge in [-0.25, -0.2) is 0 Å². The SMILES string of the molecule is COc1ccc(C(=O)c2c(OCc3ccccc3)nn(C(C)C)c2Br)cc1.COc1ccc(C(O)c2c(OCc3ccccc3)nn(C(C)C)c2Br)cc1. The van der Waals surface area contributed by atoms with Gasteiger partial charge >= 0.3 is 0 Å². The van der Waals surface area contributed by atoms with Gasteiger partial charge in [0.1, 0.15) is 45.6 Å². The van der Waals surface area contributed by atoms with Crippen molar-refractivity contribution < 1.29 is 28.8 Å². The highest BCUT2D eigenvalue weighted by Crippen LogP contribution is 2.38. The van der Waals surface area contributed by atoms with Crippen LogP contribution in [0.3, 0.4) is 0 Å². The number of aliphatic hydroxyl groups excluding tert-OH is 1. The maximum absolute atomic E-state index is 13.1. The molecule has 54 heavy (non-hydrogen) atoms. The molecule has 0 aliphatic carbocycles. The van der Waals surface area contributed by atoms with Crippen LogP contribution in [0.15, 0.2) is 118 Å². The van der Waals surface area contributed by atoms with Gasteiger partial charge < -0.3 is 24.1 Å². The van der Waals surface area contributed by atoms with Crippen molar-refractivity contribution in [3.8, 4) is 23.3 Å². The molecule has 0 saturated carbocycles. The first-order valence-electron chi connectivity index (χ1n) is 17.4. The summed E-state index contributed by atoms with van der Waals surface area (Å²) >= 11 is 7.12. The number of ketones is 1. The maximum atomic E-state index is 13.1. The summed E-state index contributed by atoms with van der Waals surface area (Å²) in [6.45, 7) is 8.78. The van der Waals surface area contributed by atoms with Gasteiger partial charge in [-0.1, -0.05) is 72.8 Å². The minimum atomic E-state index is -0.872. The molecular weight excluding hydrogens is 816 g/mol. The topological polar surface area (TPSA) is 110 Å².